The maximum Gasteiger partial charge on any atom is 0.328 e. The summed E-state index contributed by atoms with van der Waals surface area (Å²) in [6.07, 6.45) is 2.45. The van der Waals surface area contributed by atoms with Gasteiger partial charge in [0, 0.05) is 11.1 Å². The number of nitrogens with one attached hydrogen (secondary N) is 1. The molecule has 0 bridgehead atoms. The average molecular weight is 384 g/mol. The standard InChI is InChI=1S/C20H20N2O4S/c1-25-20(24)17(10-11-27-2)21-19(23)14-8-9-16-15(12-14)18(26-22-16)13-6-4-3-5-7-13/h3-9,12,17H,10-11H2,1-2H3,(H,21,23)/t17-/m1/s1. The Morgan fingerprint density at radius 2 is 2.00 bits per heavy atom. The van der Waals surface area contributed by atoms with Crippen molar-refractivity contribution in [2.75, 3.05) is 19.1 Å². The largest absolute Gasteiger partial charge is 0.467 e. The molecule has 1 heterocycles. The van der Waals surface area contributed by atoms with Gasteiger partial charge < -0.3 is 14.6 Å². The summed E-state index contributed by atoms with van der Waals surface area (Å²) < 4.78 is 10.3. The predicted molar refractivity (Wildman–Crippen MR) is 106 cm³/mol. The molecule has 0 saturated carbocycles. The molecular weight excluding hydrogens is 364 g/mol. The summed E-state index contributed by atoms with van der Waals surface area (Å²) >= 11 is 1.60. The predicted octanol–water partition coefficient (Wildman–Crippen LogP) is 3.52. The molecule has 1 atom stereocenters. The Morgan fingerprint density at radius 3 is 2.70 bits per heavy atom. The minimum Gasteiger partial charge on any atom is -0.467 e. The second-order valence-corrected chi connectivity index (χ2v) is 6.93. The maximum absolute atomic E-state index is 12.7. The third-order valence-corrected chi connectivity index (χ3v) is 4.82. The maximum atomic E-state index is 12.7. The molecule has 140 valence electrons. The van der Waals surface area contributed by atoms with E-state index in [1.54, 1.807) is 30.0 Å². The zero-order chi connectivity index (χ0) is 19.2. The molecule has 7 heteroatoms. The Balaban J connectivity index is 1.87. The van der Waals surface area contributed by atoms with Crippen molar-refractivity contribution in [3.8, 4) is 11.3 Å². The first-order valence-electron chi connectivity index (χ1n) is 8.46. The van der Waals surface area contributed by atoms with Crippen LogP contribution in [0, 0.1) is 0 Å². The molecule has 6 nitrogen and oxygen atoms in total. The van der Waals surface area contributed by atoms with Gasteiger partial charge in [-0.3, -0.25) is 4.79 Å². The lowest BCUT2D eigenvalue weighted by Crippen LogP contribution is -2.41. The monoisotopic (exact) mass is 384 g/mol. The van der Waals surface area contributed by atoms with Crippen molar-refractivity contribution in [2.45, 2.75) is 12.5 Å². The van der Waals surface area contributed by atoms with E-state index in [4.69, 9.17) is 9.26 Å². The van der Waals surface area contributed by atoms with Crippen molar-refractivity contribution in [1.29, 1.82) is 0 Å². The number of carbonyl (C=O) groups excluding carboxylic acids is 2. The van der Waals surface area contributed by atoms with Gasteiger partial charge in [-0.05, 0) is 36.6 Å². The van der Waals surface area contributed by atoms with Crippen LogP contribution < -0.4 is 5.32 Å². The number of amides is 1. The number of ether oxygens (including phenoxy) is 1. The van der Waals surface area contributed by atoms with Gasteiger partial charge in [0.15, 0.2) is 5.76 Å². The van der Waals surface area contributed by atoms with Gasteiger partial charge in [0.25, 0.3) is 5.91 Å². The van der Waals surface area contributed by atoms with Crippen LogP contribution in [0.2, 0.25) is 0 Å². The van der Waals surface area contributed by atoms with Crippen LogP contribution in [0.5, 0.6) is 0 Å². The van der Waals surface area contributed by atoms with E-state index in [9.17, 15) is 9.59 Å². The van der Waals surface area contributed by atoms with Gasteiger partial charge in [-0.2, -0.15) is 11.8 Å². The van der Waals surface area contributed by atoms with Gasteiger partial charge in [0.05, 0.1) is 12.5 Å². The normalized spacial score (nSPS) is 11.9. The van der Waals surface area contributed by atoms with E-state index in [-0.39, 0.29) is 5.91 Å². The van der Waals surface area contributed by atoms with E-state index in [0.29, 0.717) is 23.3 Å². The lowest BCUT2D eigenvalue weighted by Gasteiger charge is -2.16. The molecule has 0 spiro atoms. The highest BCUT2D eigenvalue weighted by Crippen LogP contribution is 2.29. The highest BCUT2D eigenvalue weighted by Gasteiger charge is 2.22. The van der Waals surface area contributed by atoms with Crippen LogP contribution in [0.3, 0.4) is 0 Å². The molecule has 3 rings (SSSR count). The summed E-state index contributed by atoms with van der Waals surface area (Å²) in [6.45, 7) is 0. The number of hydrogen-bond donors (Lipinski definition) is 1. The van der Waals surface area contributed by atoms with E-state index in [1.165, 1.54) is 7.11 Å². The van der Waals surface area contributed by atoms with E-state index >= 15 is 0 Å². The first-order chi connectivity index (χ1) is 13.1. The van der Waals surface area contributed by atoms with Gasteiger partial charge in [-0.25, -0.2) is 4.79 Å². The van der Waals surface area contributed by atoms with Gasteiger partial charge >= 0.3 is 5.97 Å². The zero-order valence-corrected chi connectivity index (χ0v) is 15.9. The molecule has 3 aromatic rings. The Bertz CT molecular complexity index is 940. The number of nitrogens with zero attached hydrogens (tertiary/aromatic N) is 1. The summed E-state index contributed by atoms with van der Waals surface area (Å²) in [5.41, 5.74) is 1.98. The Labute approximate surface area is 161 Å². The minimum absolute atomic E-state index is 0.339. The van der Waals surface area contributed by atoms with Crippen molar-refractivity contribution in [1.82, 2.24) is 10.5 Å². The summed E-state index contributed by atoms with van der Waals surface area (Å²) in [6, 6.07) is 14.0. The fraction of sp³-hybridized carbons (Fsp3) is 0.250. The molecule has 0 fully saturated rings. The fourth-order valence-corrected chi connectivity index (χ4v) is 3.22. The van der Waals surface area contributed by atoms with Crippen LogP contribution in [-0.4, -0.2) is 42.2 Å². The Morgan fingerprint density at radius 1 is 1.22 bits per heavy atom. The molecule has 1 N–H and O–H groups in total. The number of thioether (sulfide) groups is 1. The fourth-order valence-electron chi connectivity index (χ4n) is 2.75. The molecule has 0 unspecified atom stereocenters. The number of hydrogen-bond acceptors (Lipinski definition) is 6. The van der Waals surface area contributed by atoms with Gasteiger partial charge in [0.1, 0.15) is 11.6 Å². The molecule has 2 aromatic carbocycles. The second kappa shape index (κ2) is 8.73. The molecule has 0 aliphatic carbocycles. The van der Waals surface area contributed by atoms with Crippen LogP contribution in [0.25, 0.3) is 22.2 Å². The third-order valence-electron chi connectivity index (χ3n) is 4.18. The molecule has 0 saturated heterocycles. The van der Waals surface area contributed by atoms with Gasteiger partial charge in [0.2, 0.25) is 0 Å². The Hall–Kier alpha value is -2.80. The molecule has 0 radical (unpaired) electrons. The number of fused-ring (bicyclic) bond motifs is 1. The molecule has 1 aromatic heterocycles. The molecular formula is C20H20N2O4S. The highest BCUT2D eigenvalue weighted by atomic mass is 32.2. The Kier molecular flexibility index (Phi) is 6.13. The van der Waals surface area contributed by atoms with E-state index in [1.807, 2.05) is 36.6 Å². The van der Waals surface area contributed by atoms with Gasteiger partial charge in [-0.1, -0.05) is 35.5 Å². The third kappa shape index (κ3) is 4.31. The molecule has 1 amide bonds. The summed E-state index contributed by atoms with van der Waals surface area (Å²) in [5.74, 6) is 0.553. The van der Waals surface area contributed by atoms with Crippen molar-refractivity contribution in [3.05, 3.63) is 54.1 Å². The van der Waals surface area contributed by atoms with Crippen LogP contribution in [-0.2, 0) is 9.53 Å². The summed E-state index contributed by atoms with van der Waals surface area (Å²) in [4.78, 5) is 24.6. The van der Waals surface area contributed by atoms with Crippen LogP contribution in [0.4, 0.5) is 0 Å². The first kappa shape index (κ1) is 19.0. The zero-order valence-electron chi connectivity index (χ0n) is 15.1. The number of aromatic nitrogens is 1. The lowest BCUT2D eigenvalue weighted by molar-refractivity contribution is -0.142. The number of methoxy groups -OCH3 is 1. The molecule has 0 aliphatic rings. The van der Waals surface area contributed by atoms with E-state index in [0.717, 1.165) is 16.7 Å². The van der Waals surface area contributed by atoms with Gasteiger partial charge in [-0.15, -0.1) is 0 Å². The SMILES string of the molecule is COC(=O)[C@@H](CCSC)NC(=O)c1ccc2noc(-c3ccccc3)c2c1. The van der Waals surface area contributed by atoms with E-state index in [2.05, 4.69) is 10.5 Å². The minimum atomic E-state index is -0.679. The molecule has 0 aliphatic heterocycles. The van der Waals surface area contributed by atoms with E-state index < -0.39 is 12.0 Å². The van der Waals surface area contributed by atoms with Crippen molar-refractivity contribution in [3.63, 3.8) is 0 Å². The quantitative estimate of drug-likeness (QED) is 0.628. The smallest absolute Gasteiger partial charge is 0.328 e. The number of carbonyl (C=O) groups is 2. The first-order valence-corrected chi connectivity index (χ1v) is 9.86. The average Bonchev–Trinajstić information content (AvgIpc) is 3.14. The number of benzene rings is 2. The van der Waals surface area contributed by atoms with Crippen molar-refractivity contribution in [2.24, 2.45) is 0 Å². The van der Waals surface area contributed by atoms with Crippen LogP contribution in [0.1, 0.15) is 16.8 Å². The summed E-state index contributed by atoms with van der Waals surface area (Å²) in [7, 11) is 1.32. The second-order valence-electron chi connectivity index (χ2n) is 5.94. The topological polar surface area (TPSA) is 81.4 Å². The van der Waals surface area contributed by atoms with Crippen LogP contribution in [0.15, 0.2) is 53.1 Å². The lowest BCUT2D eigenvalue weighted by atomic mass is 10.1. The number of esters is 1. The van der Waals surface area contributed by atoms with Crippen molar-refractivity contribution >= 4 is 34.5 Å². The van der Waals surface area contributed by atoms with Crippen molar-refractivity contribution < 1.29 is 18.8 Å². The molecule has 27 heavy (non-hydrogen) atoms. The van der Waals surface area contributed by atoms with Crippen LogP contribution >= 0.6 is 11.8 Å². The highest BCUT2D eigenvalue weighted by molar-refractivity contribution is 7.98. The summed E-state index contributed by atoms with van der Waals surface area (Å²) in [5, 5.41) is 7.56. The number of rotatable bonds is 7.